The summed E-state index contributed by atoms with van der Waals surface area (Å²) in [4.78, 5) is 25.4. The summed E-state index contributed by atoms with van der Waals surface area (Å²) in [5.74, 6) is 1.35. The van der Waals surface area contributed by atoms with Crippen molar-refractivity contribution < 1.29 is 9.53 Å². The number of pyridine rings is 2. The topological polar surface area (TPSA) is 65.0 Å². The lowest BCUT2D eigenvalue weighted by molar-refractivity contribution is 0.0993. The van der Waals surface area contributed by atoms with Gasteiger partial charge < -0.3 is 4.74 Å². The number of nitrogens with zero attached hydrogens (tertiary/aromatic N) is 3. The smallest absolute Gasteiger partial charge is 0.219 e. The number of aryl methyl sites for hydroxylation is 3. The molecule has 0 unspecified atom stereocenters. The molecular weight excluding hydrogens is 394 g/mol. The van der Waals surface area contributed by atoms with Crippen LogP contribution in [0.2, 0.25) is 0 Å². The third kappa shape index (κ3) is 4.44. The molecule has 0 fully saturated rings. The molecule has 0 aliphatic carbocycles. The first-order valence-electron chi connectivity index (χ1n) is 9.59. The van der Waals surface area contributed by atoms with Crippen LogP contribution < -0.4 is 4.74 Å². The highest BCUT2D eigenvalue weighted by Gasteiger charge is 2.15. The molecule has 0 atom stereocenters. The van der Waals surface area contributed by atoms with E-state index in [1.54, 1.807) is 30.7 Å². The fourth-order valence-electron chi connectivity index (χ4n) is 3.31. The highest BCUT2D eigenvalue weighted by atomic mass is 32.1. The van der Waals surface area contributed by atoms with Gasteiger partial charge in [-0.2, -0.15) is 0 Å². The van der Waals surface area contributed by atoms with Gasteiger partial charge in [-0.3, -0.25) is 9.78 Å². The minimum atomic E-state index is 0.0427. The van der Waals surface area contributed by atoms with Crippen LogP contribution in [-0.4, -0.2) is 20.7 Å². The molecule has 0 N–H and O–H groups in total. The molecule has 0 aliphatic heterocycles. The first kappa shape index (κ1) is 19.9. The number of carbonyl (C=O) groups is 1. The summed E-state index contributed by atoms with van der Waals surface area (Å²) in [7, 11) is 0. The molecule has 5 nitrogen and oxygen atoms in total. The second-order valence-electron chi connectivity index (χ2n) is 7.17. The second kappa shape index (κ2) is 8.55. The van der Waals surface area contributed by atoms with Gasteiger partial charge in [0.25, 0.3) is 0 Å². The van der Waals surface area contributed by atoms with Crippen LogP contribution in [0.5, 0.6) is 11.6 Å². The van der Waals surface area contributed by atoms with E-state index in [2.05, 4.69) is 9.97 Å². The van der Waals surface area contributed by atoms with Crippen LogP contribution in [0, 0.1) is 20.8 Å². The maximum absolute atomic E-state index is 12.4. The van der Waals surface area contributed by atoms with Crippen LogP contribution in [0.3, 0.4) is 0 Å². The molecule has 0 saturated carbocycles. The zero-order valence-electron chi connectivity index (χ0n) is 17.0. The zero-order valence-corrected chi connectivity index (χ0v) is 17.9. The molecule has 1 aromatic carbocycles. The van der Waals surface area contributed by atoms with E-state index in [0.29, 0.717) is 11.4 Å². The number of hydrogen-bond donors (Lipinski definition) is 0. The standard InChI is InChI=1S/C24H21N3O2S/c1-15-4-5-22(26-13-15)29-19-10-16(2)24(17(3)11-19)20-14-30-23(27-20)12-21(28)18-6-8-25-9-7-18/h4-11,13-14H,12H2,1-3H3. The third-order valence-electron chi connectivity index (χ3n) is 4.73. The minimum Gasteiger partial charge on any atom is -0.439 e. The normalized spacial score (nSPS) is 10.8. The van der Waals surface area contributed by atoms with Gasteiger partial charge in [0, 0.05) is 41.2 Å². The highest BCUT2D eigenvalue weighted by molar-refractivity contribution is 7.10. The number of aromatic nitrogens is 3. The van der Waals surface area contributed by atoms with Crippen molar-refractivity contribution in [1.82, 2.24) is 15.0 Å². The van der Waals surface area contributed by atoms with Crippen molar-refractivity contribution in [2.45, 2.75) is 27.2 Å². The van der Waals surface area contributed by atoms with E-state index in [1.807, 2.05) is 50.4 Å². The molecule has 0 spiro atoms. The first-order valence-corrected chi connectivity index (χ1v) is 10.5. The number of thiazole rings is 1. The largest absolute Gasteiger partial charge is 0.439 e. The molecule has 3 heterocycles. The molecule has 30 heavy (non-hydrogen) atoms. The summed E-state index contributed by atoms with van der Waals surface area (Å²) in [5, 5.41) is 2.81. The van der Waals surface area contributed by atoms with Gasteiger partial charge in [0.05, 0.1) is 12.1 Å². The fraction of sp³-hybridized carbons (Fsp3) is 0.167. The number of hydrogen-bond acceptors (Lipinski definition) is 6. The van der Waals surface area contributed by atoms with Gasteiger partial charge >= 0.3 is 0 Å². The number of ether oxygens (including phenoxy) is 1. The molecule has 4 rings (SSSR count). The van der Waals surface area contributed by atoms with Gasteiger partial charge in [0.1, 0.15) is 10.8 Å². The summed E-state index contributed by atoms with van der Waals surface area (Å²) >= 11 is 1.50. The van der Waals surface area contributed by atoms with Crippen LogP contribution in [0.15, 0.2) is 60.4 Å². The van der Waals surface area contributed by atoms with Crippen LogP contribution >= 0.6 is 11.3 Å². The average Bonchev–Trinajstić information content (AvgIpc) is 3.18. The van der Waals surface area contributed by atoms with Crippen molar-refractivity contribution in [3.63, 3.8) is 0 Å². The van der Waals surface area contributed by atoms with E-state index in [4.69, 9.17) is 9.72 Å². The zero-order chi connectivity index (χ0) is 21.1. The Morgan fingerprint density at radius 1 is 1.03 bits per heavy atom. The number of benzene rings is 1. The number of ketones is 1. The van der Waals surface area contributed by atoms with Crippen molar-refractivity contribution in [3.05, 3.63) is 87.6 Å². The SMILES string of the molecule is Cc1ccc(Oc2cc(C)c(-c3csc(CC(=O)c4ccncc4)n3)c(C)c2)nc1. The Kier molecular flexibility index (Phi) is 5.68. The Morgan fingerprint density at radius 3 is 2.43 bits per heavy atom. The van der Waals surface area contributed by atoms with Gasteiger partial charge in [-0.1, -0.05) is 6.07 Å². The minimum absolute atomic E-state index is 0.0427. The Balaban J connectivity index is 1.54. The predicted molar refractivity (Wildman–Crippen MR) is 118 cm³/mol. The average molecular weight is 416 g/mol. The number of rotatable bonds is 6. The van der Waals surface area contributed by atoms with E-state index in [1.165, 1.54) is 11.3 Å². The van der Waals surface area contributed by atoms with Crippen molar-refractivity contribution in [1.29, 1.82) is 0 Å². The van der Waals surface area contributed by atoms with Crippen molar-refractivity contribution >= 4 is 17.1 Å². The Labute approximate surface area is 179 Å². The molecule has 0 radical (unpaired) electrons. The lowest BCUT2D eigenvalue weighted by Gasteiger charge is -2.12. The fourth-order valence-corrected chi connectivity index (χ4v) is 4.09. The molecule has 4 aromatic rings. The maximum atomic E-state index is 12.4. The van der Waals surface area contributed by atoms with Crippen LogP contribution in [0.25, 0.3) is 11.3 Å². The van der Waals surface area contributed by atoms with E-state index >= 15 is 0 Å². The Morgan fingerprint density at radius 2 is 1.77 bits per heavy atom. The lowest BCUT2D eigenvalue weighted by atomic mass is 10.00. The van der Waals surface area contributed by atoms with E-state index in [-0.39, 0.29) is 12.2 Å². The van der Waals surface area contributed by atoms with Gasteiger partial charge in [0.15, 0.2) is 5.78 Å². The predicted octanol–water partition coefficient (Wildman–Crippen LogP) is 5.74. The lowest BCUT2D eigenvalue weighted by Crippen LogP contribution is -2.03. The van der Waals surface area contributed by atoms with Crippen LogP contribution in [-0.2, 0) is 6.42 Å². The molecule has 150 valence electrons. The maximum Gasteiger partial charge on any atom is 0.219 e. The van der Waals surface area contributed by atoms with Crippen LogP contribution in [0.1, 0.15) is 32.1 Å². The summed E-state index contributed by atoms with van der Waals surface area (Å²) in [6, 6.07) is 11.3. The summed E-state index contributed by atoms with van der Waals surface area (Å²) < 4.78 is 5.91. The van der Waals surface area contributed by atoms with Gasteiger partial charge in [-0.05, 0) is 61.7 Å². The van der Waals surface area contributed by atoms with Gasteiger partial charge in [-0.25, -0.2) is 9.97 Å². The van der Waals surface area contributed by atoms with Crippen molar-refractivity contribution in [2.24, 2.45) is 0 Å². The molecule has 0 amide bonds. The third-order valence-corrected chi connectivity index (χ3v) is 5.58. The quantitative estimate of drug-likeness (QED) is 0.376. The summed E-state index contributed by atoms with van der Waals surface area (Å²) in [5.41, 5.74) is 5.82. The Bertz CT molecular complexity index is 1160. The monoisotopic (exact) mass is 415 g/mol. The van der Waals surface area contributed by atoms with E-state index in [0.717, 1.165) is 38.7 Å². The van der Waals surface area contributed by atoms with Crippen molar-refractivity contribution in [2.75, 3.05) is 0 Å². The molecule has 0 saturated heterocycles. The molecular formula is C24H21N3O2S. The molecule has 0 aliphatic rings. The molecule has 0 bridgehead atoms. The van der Waals surface area contributed by atoms with Gasteiger partial charge in [0.2, 0.25) is 5.88 Å². The molecule has 3 aromatic heterocycles. The summed E-state index contributed by atoms with van der Waals surface area (Å²) in [6.45, 7) is 6.07. The Hall–Kier alpha value is -3.38. The number of Topliss-reactive ketones (excluding diaryl/α,β-unsaturated/α-hetero) is 1. The number of carbonyl (C=O) groups excluding carboxylic acids is 1. The van der Waals surface area contributed by atoms with E-state index in [9.17, 15) is 4.79 Å². The van der Waals surface area contributed by atoms with Crippen molar-refractivity contribution in [3.8, 4) is 22.9 Å². The van der Waals surface area contributed by atoms with Crippen LogP contribution in [0.4, 0.5) is 0 Å². The first-order chi connectivity index (χ1) is 14.5. The second-order valence-corrected chi connectivity index (χ2v) is 8.11. The molecule has 6 heteroatoms. The highest BCUT2D eigenvalue weighted by Crippen LogP contribution is 2.33. The van der Waals surface area contributed by atoms with Gasteiger partial charge in [-0.15, -0.1) is 11.3 Å². The van der Waals surface area contributed by atoms with E-state index < -0.39 is 0 Å². The summed E-state index contributed by atoms with van der Waals surface area (Å²) in [6.07, 6.45) is 5.33.